The highest BCUT2D eigenvalue weighted by Crippen LogP contribution is 2.00. The van der Waals surface area contributed by atoms with E-state index in [9.17, 15) is 8.42 Å². The van der Waals surface area contributed by atoms with Crippen molar-refractivity contribution in [1.82, 2.24) is 4.31 Å². The molecule has 0 bridgehead atoms. The minimum Gasteiger partial charge on any atom is -0.212 e. The topological polar surface area (TPSA) is 85.0 Å². The molecule has 0 atom stereocenters. The summed E-state index contributed by atoms with van der Waals surface area (Å²) in [5.74, 6) is -0.298. The van der Waals surface area contributed by atoms with Crippen LogP contribution in [0.3, 0.4) is 0 Å². The van der Waals surface area contributed by atoms with Gasteiger partial charge in [0, 0.05) is 5.88 Å². The molecule has 0 fully saturated rings. The average Bonchev–Trinajstić information content (AvgIpc) is 2.04. The van der Waals surface area contributed by atoms with Crippen molar-refractivity contribution in [3.05, 3.63) is 0 Å². The fourth-order valence-corrected chi connectivity index (χ4v) is 2.18. The van der Waals surface area contributed by atoms with E-state index < -0.39 is 10.0 Å². The largest absolute Gasteiger partial charge is 0.217 e. The number of hydrogen-bond donors (Lipinski definition) is 0. The highest BCUT2D eigenvalue weighted by Gasteiger charge is 2.20. The van der Waals surface area contributed by atoms with E-state index in [1.165, 1.54) is 0 Å². The molecule has 0 spiro atoms. The van der Waals surface area contributed by atoms with Crippen molar-refractivity contribution in [3.63, 3.8) is 0 Å². The SMILES string of the molecule is N#CCN(CC#N)S(=O)(=O)CCCl. The smallest absolute Gasteiger partial charge is 0.212 e. The molecule has 0 rings (SSSR count). The van der Waals surface area contributed by atoms with Gasteiger partial charge in [-0.05, 0) is 0 Å². The molecule has 13 heavy (non-hydrogen) atoms. The van der Waals surface area contributed by atoms with Crippen LogP contribution in [0, 0.1) is 22.7 Å². The number of nitriles is 2. The third-order valence-electron chi connectivity index (χ3n) is 1.22. The lowest BCUT2D eigenvalue weighted by atomic mass is 10.6. The second-order valence-corrected chi connectivity index (χ2v) is 4.56. The van der Waals surface area contributed by atoms with Crippen molar-refractivity contribution in [2.24, 2.45) is 0 Å². The van der Waals surface area contributed by atoms with Crippen LogP contribution in [0.15, 0.2) is 0 Å². The zero-order valence-corrected chi connectivity index (χ0v) is 8.35. The molecule has 72 valence electrons. The number of hydrogen-bond acceptors (Lipinski definition) is 4. The van der Waals surface area contributed by atoms with Crippen molar-refractivity contribution in [3.8, 4) is 12.1 Å². The lowest BCUT2D eigenvalue weighted by molar-refractivity contribution is 0.481. The van der Waals surface area contributed by atoms with Crippen LogP contribution >= 0.6 is 11.6 Å². The van der Waals surface area contributed by atoms with Crippen molar-refractivity contribution in [1.29, 1.82) is 10.5 Å². The zero-order valence-electron chi connectivity index (χ0n) is 6.77. The Balaban J connectivity index is 4.56. The van der Waals surface area contributed by atoms with Gasteiger partial charge in [-0.3, -0.25) is 0 Å². The van der Waals surface area contributed by atoms with Gasteiger partial charge in [-0.15, -0.1) is 11.6 Å². The van der Waals surface area contributed by atoms with Crippen LogP contribution < -0.4 is 0 Å². The van der Waals surface area contributed by atoms with Gasteiger partial charge in [-0.1, -0.05) is 0 Å². The van der Waals surface area contributed by atoms with Gasteiger partial charge in [-0.2, -0.15) is 14.8 Å². The average molecular weight is 222 g/mol. The number of nitrogens with zero attached hydrogens (tertiary/aromatic N) is 3. The molecule has 0 aromatic carbocycles. The summed E-state index contributed by atoms with van der Waals surface area (Å²) in [6, 6.07) is 3.34. The minimum atomic E-state index is -3.54. The third kappa shape index (κ3) is 4.09. The molecule has 0 N–H and O–H groups in total. The van der Waals surface area contributed by atoms with E-state index in [1.54, 1.807) is 12.1 Å². The van der Waals surface area contributed by atoms with Gasteiger partial charge < -0.3 is 0 Å². The van der Waals surface area contributed by atoms with E-state index in [0.29, 0.717) is 0 Å². The Morgan fingerprint density at radius 1 is 1.23 bits per heavy atom. The summed E-state index contributed by atoms with van der Waals surface area (Å²) in [7, 11) is -3.54. The molecule has 0 saturated heterocycles. The monoisotopic (exact) mass is 221 g/mol. The molecule has 0 unspecified atom stereocenters. The molecule has 0 radical (unpaired) electrons. The van der Waals surface area contributed by atoms with Gasteiger partial charge in [0.2, 0.25) is 10.0 Å². The summed E-state index contributed by atoms with van der Waals surface area (Å²) in [6.45, 7) is -0.625. The molecular weight excluding hydrogens is 214 g/mol. The van der Waals surface area contributed by atoms with E-state index in [1.807, 2.05) is 0 Å². The van der Waals surface area contributed by atoms with Gasteiger partial charge >= 0.3 is 0 Å². The highest BCUT2D eigenvalue weighted by atomic mass is 35.5. The number of alkyl halides is 1. The number of sulfonamides is 1. The maximum atomic E-state index is 11.2. The normalized spacial score (nSPS) is 10.8. The molecule has 5 nitrogen and oxygen atoms in total. The van der Waals surface area contributed by atoms with Gasteiger partial charge in [0.15, 0.2) is 0 Å². The second-order valence-electron chi connectivity index (χ2n) is 2.09. The summed E-state index contributed by atoms with van der Waals surface area (Å²) in [4.78, 5) is 0. The Morgan fingerprint density at radius 3 is 2.00 bits per heavy atom. The fraction of sp³-hybridized carbons (Fsp3) is 0.667. The molecule has 0 aliphatic rings. The van der Waals surface area contributed by atoms with E-state index in [4.69, 9.17) is 22.1 Å². The van der Waals surface area contributed by atoms with E-state index in [-0.39, 0.29) is 24.7 Å². The molecule has 0 heterocycles. The molecular formula is C6H8ClN3O2S. The molecule has 0 aromatic heterocycles. The maximum Gasteiger partial charge on any atom is 0.217 e. The van der Waals surface area contributed by atoms with Gasteiger partial charge in [0.05, 0.1) is 17.9 Å². The van der Waals surface area contributed by atoms with E-state index >= 15 is 0 Å². The Kier molecular flexibility index (Phi) is 5.40. The Labute approximate surface area is 82.2 Å². The fourth-order valence-electron chi connectivity index (χ4n) is 0.637. The number of rotatable bonds is 5. The lowest BCUT2D eigenvalue weighted by Gasteiger charge is -2.14. The van der Waals surface area contributed by atoms with Crippen LogP contribution in [0.2, 0.25) is 0 Å². The predicted octanol–water partition coefficient (Wildman–Crippen LogP) is -0.0958. The van der Waals surface area contributed by atoms with Crippen molar-refractivity contribution < 1.29 is 8.42 Å². The second kappa shape index (κ2) is 5.76. The van der Waals surface area contributed by atoms with E-state index in [2.05, 4.69) is 0 Å². The Morgan fingerprint density at radius 2 is 1.69 bits per heavy atom. The molecule has 0 aliphatic carbocycles. The Hall–Kier alpha value is -0.820. The molecule has 0 aromatic rings. The zero-order chi connectivity index (χ0) is 10.3. The van der Waals surface area contributed by atoms with Crippen molar-refractivity contribution >= 4 is 21.6 Å². The van der Waals surface area contributed by atoms with Crippen LogP contribution in [0.4, 0.5) is 0 Å². The van der Waals surface area contributed by atoms with Crippen LogP contribution in [-0.4, -0.2) is 37.4 Å². The van der Waals surface area contributed by atoms with Gasteiger partial charge in [0.1, 0.15) is 13.1 Å². The molecule has 0 saturated carbocycles. The standard InChI is InChI=1S/C6H8ClN3O2S/c7-1-6-13(11,12)10(4-2-8)5-3-9/h1,4-6H2. The first-order chi connectivity index (χ1) is 6.08. The first kappa shape index (κ1) is 12.2. The first-order valence-corrected chi connectivity index (χ1v) is 5.50. The third-order valence-corrected chi connectivity index (χ3v) is 3.40. The lowest BCUT2D eigenvalue weighted by Crippen LogP contribution is -2.34. The van der Waals surface area contributed by atoms with Gasteiger partial charge in [-0.25, -0.2) is 8.42 Å². The number of halogens is 1. The summed E-state index contributed by atoms with van der Waals surface area (Å²) >= 11 is 5.26. The molecule has 0 amide bonds. The van der Waals surface area contributed by atoms with Crippen molar-refractivity contribution in [2.45, 2.75) is 0 Å². The highest BCUT2D eigenvalue weighted by molar-refractivity contribution is 7.89. The summed E-state index contributed by atoms with van der Waals surface area (Å²) < 4.78 is 23.3. The van der Waals surface area contributed by atoms with Gasteiger partial charge in [0.25, 0.3) is 0 Å². The summed E-state index contributed by atoms with van der Waals surface area (Å²) in [6.07, 6.45) is 0. The summed E-state index contributed by atoms with van der Waals surface area (Å²) in [5.41, 5.74) is 0. The van der Waals surface area contributed by atoms with Crippen molar-refractivity contribution in [2.75, 3.05) is 24.7 Å². The van der Waals surface area contributed by atoms with Crippen LogP contribution in [0.5, 0.6) is 0 Å². The maximum absolute atomic E-state index is 11.2. The molecule has 0 aliphatic heterocycles. The van der Waals surface area contributed by atoms with E-state index in [0.717, 1.165) is 4.31 Å². The Bertz CT molecular complexity index is 311. The van der Waals surface area contributed by atoms with Crippen LogP contribution in [0.25, 0.3) is 0 Å². The predicted molar refractivity (Wildman–Crippen MR) is 47.3 cm³/mol. The van der Waals surface area contributed by atoms with Crippen LogP contribution in [0.1, 0.15) is 0 Å². The van der Waals surface area contributed by atoms with Crippen LogP contribution in [-0.2, 0) is 10.0 Å². The summed E-state index contributed by atoms with van der Waals surface area (Å²) in [5, 5.41) is 16.6. The first-order valence-electron chi connectivity index (χ1n) is 3.36. The quantitative estimate of drug-likeness (QED) is 0.480. The molecule has 7 heteroatoms. The minimum absolute atomic E-state index is 0.0459.